The number of fused-ring (bicyclic) bond motifs is 9. The Bertz CT molecular complexity index is 3570. The van der Waals surface area contributed by atoms with Crippen LogP contribution >= 0.6 is 11.3 Å². The van der Waals surface area contributed by atoms with Gasteiger partial charge in [-0.25, -0.2) is 15.0 Å². The molecule has 0 fully saturated rings. The van der Waals surface area contributed by atoms with E-state index in [1.165, 1.54) is 47.3 Å². The van der Waals surface area contributed by atoms with Gasteiger partial charge in [-0.3, -0.25) is 0 Å². The fourth-order valence-electron chi connectivity index (χ4n) is 8.53. The first-order chi connectivity index (χ1) is 28.7. The Morgan fingerprint density at radius 1 is 0.328 bits per heavy atom. The molecule has 0 saturated carbocycles. The lowest BCUT2D eigenvalue weighted by Crippen LogP contribution is -2.00. The van der Waals surface area contributed by atoms with Gasteiger partial charge in [0, 0.05) is 47.6 Å². The minimum atomic E-state index is 0.631. The van der Waals surface area contributed by atoms with Crippen LogP contribution in [0.15, 0.2) is 192 Å². The molecule has 58 heavy (non-hydrogen) atoms. The molecule has 0 aliphatic carbocycles. The smallest absolute Gasteiger partial charge is 0.164 e. The maximum atomic E-state index is 6.46. The Hall–Kier alpha value is -7.47. The molecule has 0 atom stereocenters. The fraction of sp³-hybridized carbons (Fsp3) is 0. The van der Waals surface area contributed by atoms with Gasteiger partial charge in [-0.2, -0.15) is 0 Å². The number of aromatic nitrogens is 3. The summed E-state index contributed by atoms with van der Waals surface area (Å²) >= 11 is 1.80. The van der Waals surface area contributed by atoms with Gasteiger partial charge in [0.2, 0.25) is 0 Å². The highest BCUT2D eigenvalue weighted by Crippen LogP contribution is 2.42. The van der Waals surface area contributed by atoms with Crippen molar-refractivity contribution >= 4 is 75.0 Å². The summed E-state index contributed by atoms with van der Waals surface area (Å²) in [6.07, 6.45) is 0. The zero-order chi connectivity index (χ0) is 38.2. The van der Waals surface area contributed by atoms with Crippen molar-refractivity contribution in [3.63, 3.8) is 0 Å². The molecule has 0 aliphatic rings. The van der Waals surface area contributed by atoms with Crippen LogP contribution in [0.25, 0.3) is 120 Å². The van der Waals surface area contributed by atoms with E-state index in [0.29, 0.717) is 17.5 Å². The van der Waals surface area contributed by atoms with Crippen LogP contribution in [0.4, 0.5) is 0 Å². The highest BCUT2D eigenvalue weighted by atomic mass is 32.1. The van der Waals surface area contributed by atoms with Crippen molar-refractivity contribution in [1.29, 1.82) is 0 Å². The van der Waals surface area contributed by atoms with Crippen molar-refractivity contribution in [2.24, 2.45) is 0 Å². The van der Waals surface area contributed by atoms with Gasteiger partial charge in [-0.05, 0) is 80.2 Å². The third-order valence-electron chi connectivity index (χ3n) is 11.3. The van der Waals surface area contributed by atoms with Crippen LogP contribution in [-0.4, -0.2) is 15.0 Å². The normalized spacial score (nSPS) is 11.8. The molecule has 12 rings (SSSR count). The predicted molar refractivity (Wildman–Crippen MR) is 242 cm³/mol. The Kier molecular flexibility index (Phi) is 7.37. The van der Waals surface area contributed by atoms with Gasteiger partial charge in [0.05, 0.1) is 0 Å². The second-order valence-corrected chi connectivity index (χ2v) is 15.8. The topological polar surface area (TPSA) is 51.8 Å². The van der Waals surface area contributed by atoms with Gasteiger partial charge in [0.25, 0.3) is 0 Å². The standard InChI is InChI=1S/C53H31N3OS/c1-2-11-35(12-3-1)51-54-52(56-53(55-51)42-16-9-19-48-50(42)41-14-6-7-18-47(41)58-48)36-25-22-33(23-26-36)40-15-8-17-46-49(40)44-31-38(28-29-45(44)57-46)37-27-24-34-21-20-32-10-4-5-13-39(32)43(34)30-37/h1-31H. The molecule has 4 nitrogen and oxygen atoms in total. The molecule has 0 bridgehead atoms. The second-order valence-electron chi connectivity index (χ2n) is 14.7. The minimum Gasteiger partial charge on any atom is -0.456 e. The third-order valence-corrected chi connectivity index (χ3v) is 12.5. The van der Waals surface area contributed by atoms with E-state index in [1.54, 1.807) is 11.3 Å². The maximum absolute atomic E-state index is 6.46. The number of rotatable bonds is 5. The molecule has 5 heteroatoms. The molecular weight excluding hydrogens is 727 g/mol. The molecule has 3 heterocycles. The maximum Gasteiger partial charge on any atom is 0.164 e. The summed E-state index contributed by atoms with van der Waals surface area (Å²) in [7, 11) is 0. The summed E-state index contributed by atoms with van der Waals surface area (Å²) < 4.78 is 8.92. The quantitative estimate of drug-likeness (QED) is 0.164. The Balaban J connectivity index is 0.970. The van der Waals surface area contributed by atoms with E-state index in [9.17, 15) is 0 Å². The van der Waals surface area contributed by atoms with E-state index < -0.39 is 0 Å². The van der Waals surface area contributed by atoms with Crippen LogP contribution in [0.1, 0.15) is 0 Å². The first-order valence-corrected chi connectivity index (χ1v) is 20.2. The number of hydrogen-bond acceptors (Lipinski definition) is 5. The summed E-state index contributed by atoms with van der Waals surface area (Å²) in [5.74, 6) is 1.94. The van der Waals surface area contributed by atoms with Crippen LogP contribution in [0.5, 0.6) is 0 Å². The average Bonchev–Trinajstić information content (AvgIpc) is 3.87. The lowest BCUT2D eigenvalue weighted by Gasteiger charge is -2.10. The molecule has 0 saturated heterocycles. The van der Waals surface area contributed by atoms with Gasteiger partial charge in [-0.15, -0.1) is 11.3 Å². The molecule has 12 aromatic rings. The molecular formula is C53H31N3OS. The average molecular weight is 758 g/mol. The number of hydrogen-bond donors (Lipinski definition) is 0. The number of thiophene rings is 1. The molecule has 3 aromatic heterocycles. The van der Waals surface area contributed by atoms with E-state index >= 15 is 0 Å². The highest BCUT2D eigenvalue weighted by Gasteiger charge is 2.18. The molecule has 270 valence electrons. The first kappa shape index (κ1) is 32.7. The van der Waals surface area contributed by atoms with Crippen molar-refractivity contribution in [3.8, 4) is 56.4 Å². The Morgan fingerprint density at radius 2 is 0.914 bits per heavy atom. The van der Waals surface area contributed by atoms with Gasteiger partial charge in [0.15, 0.2) is 17.5 Å². The number of benzene rings is 9. The molecule has 0 unspecified atom stereocenters. The first-order valence-electron chi connectivity index (χ1n) is 19.4. The van der Waals surface area contributed by atoms with Gasteiger partial charge in [0.1, 0.15) is 11.2 Å². The van der Waals surface area contributed by atoms with Crippen molar-refractivity contribution in [2.75, 3.05) is 0 Å². The van der Waals surface area contributed by atoms with Gasteiger partial charge < -0.3 is 4.42 Å². The molecule has 0 amide bonds. The van der Waals surface area contributed by atoms with E-state index in [4.69, 9.17) is 19.4 Å². The zero-order valence-electron chi connectivity index (χ0n) is 31.1. The van der Waals surface area contributed by atoms with E-state index in [1.807, 2.05) is 18.2 Å². The fourth-order valence-corrected chi connectivity index (χ4v) is 9.66. The second kappa shape index (κ2) is 13.1. The minimum absolute atomic E-state index is 0.631. The highest BCUT2D eigenvalue weighted by molar-refractivity contribution is 7.25. The van der Waals surface area contributed by atoms with Crippen LogP contribution < -0.4 is 0 Å². The van der Waals surface area contributed by atoms with Crippen molar-refractivity contribution in [3.05, 3.63) is 188 Å². The SMILES string of the molecule is c1ccc(-c2nc(-c3ccc(-c4cccc5oc6ccc(-c7ccc8ccc9ccccc9c8c7)cc6c45)cc3)nc(-c3cccc4sc5ccccc5c34)n2)cc1. The molecule has 0 aliphatic heterocycles. The number of furan rings is 1. The van der Waals surface area contributed by atoms with Crippen LogP contribution in [0, 0.1) is 0 Å². The van der Waals surface area contributed by atoms with Crippen LogP contribution in [0.2, 0.25) is 0 Å². The molecule has 9 aromatic carbocycles. The van der Waals surface area contributed by atoms with E-state index in [2.05, 4.69) is 170 Å². The lowest BCUT2D eigenvalue weighted by atomic mass is 9.95. The van der Waals surface area contributed by atoms with Gasteiger partial charge in [-0.1, -0.05) is 152 Å². The van der Waals surface area contributed by atoms with E-state index in [-0.39, 0.29) is 0 Å². The molecule has 0 spiro atoms. The van der Waals surface area contributed by atoms with Crippen molar-refractivity contribution in [2.45, 2.75) is 0 Å². The Labute approximate surface area is 337 Å². The van der Waals surface area contributed by atoms with Crippen molar-refractivity contribution < 1.29 is 4.42 Å². The molecule has 0 radical (unpaired) electrons. The predicted octanol–water partition coefficient (Wildman–Crippen LogP) is 14.8. The summed E-state index contributed by atoms with van der Waals surface area (Å²) in [6, 6.07) is 66.3. The monoisotopic (exact) mass is 757 g/mol. The third kappa shape index (κ3) is 5.32. The largest absolute Gasteiger partial charge is 0.456 e. The van der Waals surface area contributed by atoms with E-state index in [0.717, 1.165) is 55.3 Å². The summed E-state index contributed by atoms with van der Waals surface area (Å²) in [4.78, 5) is 15.3. The zero-order valence-corrected chi connectivity index (χ0v) is 31.9. The number of nitrogens with zero attached hydrogens (tertiary/aromatic N) is 3. The van der Waals surface area contributed by atoms with Gasteiger partial charge >= 0.3 is 0 Å². The summed E-state index contributed by atoms with van der Waals surface area (Å²) in [5.41, 5.74) is 9.13. The van der Waals surface area contributed by atoms with Crippen molar-refractivity contribution in [1.82, 2.24) is 15.0 Å². The lowest BCUT2D eigenvalue weighted by molar-refractivity contribution is 0.669. The Morgan fingerprint density at radius 3 is 1.76 bits per heavy atom. The van der Waals surface area contributed by atoms with Crippen LogP contribution in [0.3, 0.4) is 0 Å². The molecule has 0 N–H and O–H groups in total. The summed E-state index contributed by atoms with van der Waals surface area (Å²) in [6.45, 7) is 0. The summed E-state index contributed by atoms with van der Waals surface area (Å²) in [5, 5.41) is 9.58. The van der Waals surface area contributed by atoms with Crippen LogP contribution in [-0.2, 0) is 0 Å².